The molecule has 1 amide bonds. The fourth-order valence-electron chi connectivity index (χ4n) is 3.13. The number of thiophene rings is 1. The van der Waals surface area contributed by atoms with Crippen LogP contribution in [0.4, 0.5) is 5.13 Å². The third-order valence-electron chi connectivity index (χ3n) is 4.76. The Balaban J connectivity index is 1.57. The number of ether oxygens (including phenoxy) is 2. The van der Waals surface area contributed by atoms with E-state index in [1.54, 1.807) is 29.4 Å². The number of nitrogens with zero attached hydrogens (tertiary/aromatic N) is 3. The Morgan fingerprint density at radius 1 is 1.34 bits per heavy atom. The zero-order valence-corrected chi connectivity index (χ0v) is 17.9. The van der Waals surface area contributed by atoms with Crippen LogP contribution in [0.3, 0.4) is 0 Å². The Labute approximate surface area is 178 Å². The van der Waals surface area contributed by atoms with E-state index >= 15 is 0 Å². The number of hydrogen-bond acceptors (Lipinski definition) is 7. The number of benzene rings is 1. The highest BCUT2D eigenvalue weighted by Gasteiger charge is 2.20. The average molecular weight is 430 g/mol. The summed E-state index contributed by atoms with van der Waals surface area (Å²) in [5.41, 5.74) is 0.843. The zero-order chi connectivity index (χ0) is 20.1. The van der Waals surface area contributed by atoms with Crippen LogP contribution >= 0.6 is 22.7 Å². The van der Waals surface area contributed by atoms with Crippen LogP contribution in [-0.2, 0) is 9.53 Å². The van der Waals surface area contributed by atoms with Gasteiger partial charge in [0.05, 0.1) is 30.5 Å². The maximum atomic E-state index is 13.1. The number of fused-ring (bicyclic) bond motifs is 1. The zero-order valence-electron chi connectivity index (χ0n) is 16.2. The molecule has 0 saturated carbocycles. The third kappa shape index (κ3) is 5.02. The molecule has 0 spiro atoms. The average Bonchev–Trinajstić information content (AvgIpc) is 3.42. The third-order valence-corrected chi connectivity index (χ3v) is 6.65. The molecule has 2 aromatic heterocycles. The summed E-state index contributed by atoms with van der Waals surface area (Å²) < 4.78 is 11.8. The van der Waals surface area contributed by atoms with Gasteiger partial charge in [-0.15, -0.1) is 11.3 Å². The quantitative estimate of drug-likeness (QED) is 0.536. The molecule has 1 saturated heterocycles. The maximum Gasteiger partial charge on any atom is 0.252 e. The smallest absolute Gasteiger partial charge is 0.252 e. The summed E-state index contributed by atoms with van der Waals surface area (Å²) in [4.78, 5) is 22.9. The van der Waals surface area contributed by atoms with Gasteiger partial charge in [-0.3, -0.25) is 14.6 Å². The molecule has 1 aliphatic rings. The summed E-state index contributed by atoms with van der Waals surface area (Å²) in [6.07, 6.45) is 3.50. The number of anilines is 1. The summed E-state index contributed by atoms with van der Waals surface area (Å²) in [6, 6.07) is 9.78. The topological polar surface area (TPSA) is 54.9 Å². The van der Waals surface area contributed by atoms with Gasteiger partial charge in [-0.1, -0.05) is 17.4 Å². The van der Waals surface area contributed by atoms with E-state index in [2.05, 4.69) is 4.90 Å². The second-order valence-electron chi connectivity index (χ2n) is 6.62. The monoisotopic (exact) mass is 429 g/mol. The van der Waals surface area contributed by atoms with Gasteiger partial charge in [0, 0.05) is 43.2 Å². The van der Waals surface area contributed by atoms with Crippen LogP contribution in [-0.4, -0.2) is 62.3 Å². The molecule has 152 valence electrons. The van der Waals surface area contributed by atoms with Gasteiger partial charge in [0.15, 0.2) is 5.13 Å². The van der Waals surface area contributed by atoms with Crippen molar-refractivity contribution in [1.29, 1.82) is 0 Å². The Kier molecular flexibility index (Phi) is 6.56. The number of morpholine rings is 1. The van der Waals surface area contributed by atoms with E-state index in [0.29, 0.717) is 11.7 Å². The van der Waals surface area contributed by atoms with Crippen molar-refractivity contribution in [1.82, 2.24) is 9.88 Å². The van der Waals surface area contributed by atoms with Crippen LogP contribution < -0.4 is 9.64 Å². The van der Waals surface area contributed by atoms with Gasteiger partial charge in [-0.25, -0.2) is 4.98 Å². The number of aromatic nitrogens is 1. The van der Waals surface area contributed by atoms with Crippen LogP contribution in [0.1, 0.15) is 4.88 Å². The summed E-state index contributed by atoms with van der Waals surface area (Å²) in [5.74, 6) is 0.704. The molecule has 0 atom stereocenters. The van der Waals surface area contributed by atoms with Crippen molar-refractivity contribution < 1.29 is 14.3 Å². The Hall–Kier alpha value is -2.26. The largest absolute Gasteiger partial charge is 0.497 e. The van der Waals surface area contributed by atoms with E-state index < -0.39 is 0 Å². The molecule has 3 heterocycles. The molecule has 0 N–H and O–H groups in total. The summed E-state index contributed by atoms with van der Waals surface area (Å²) in [6.45, 7) is 4.65. The lowest BCUT2D eigenvalue weighted by Crippen LogP contribution is -2.42. The highest BCUT2D eigenvalue weighted by Crippen LogP contribution is 2.31. The van der Waals surface area contributed by atoms with Crippen molar-refractivity contribution in [2.75, 3.05) is 51.4 Å². The molecule has 1 fully saturated rings. The summed E-state index contributed by atoms with van der Waals surface area (Å²) >= 11 is 3.14. The minimum absolute atomic E-state index is 0.0577. The number of carbonyl (C=O) groups excluding carboxylic acids is 1. The molecule has 3 aromatic rings. The fourth-order valence-corrected chi connectivity index (χ4v) is 4.73. The SMILES string of the molecule is COc1ccc2sc(N(CCN3CCOCC3)C(=O)/C=C/c3cccs3)nc2c1. The molecular formula is C21H23N3O3S2. The second-order valence-corrected chi connectivity index (χ2v) is 8.61. The molecule has 29 heavy (non-hydrogen) atoms. The van der Waals surface area contributed by atoms with E-state index in [-0.39, 0.29) is 5.91 Å². The van der Waals surface area contributed by atoms with Crippen molar-refractivity contribution in [3.63, 3.8) is 0 Å². The molecule has 0 radical (unpaired) electrons. The highest BCUT2D eigenvalue weighted by atomic mass is 32.1. The van der Waals surface area contributed by atoms with Gasteiger partial charge in [0.25, 0.3) is 5.91 Å². The maximum absolute atomic E-state index is 13.1. The number of rotatable bonds is 7. The molecule has 1 aliphatic heterocycles. The van der Waals surface area contributed by atoms with Crippen LogP contribution in [0.25, 0.3) is 16.3 Å². The van der Waals surface area contributed by atoms with Gasteiger partial charge in [-0.2, -0.15) is 0 Å². The molecule has 0 bridgehead atoms. The molecule has 1 aromatic carbocycles. The van der Waals surface area contributed by atoms with E-state index in [4.69, 9.17) is 14.5 Å². The van der Waals surface area contributed by atoms with Gasteiger partial charge in [0.1, 0.15) is 5.75 Å². The lowest BCUT2D eigenvalue weighted by molar-refractivity contribution is -0.114. The number of methoxy groups -OCH3 is 1. The van der Waals surface area contributed by atoms with Crippen LogP contribution in [0.15, 0.2) is 41.8 Å². The van der Waals surface area contributed by atoms with E-state index in [1.165, 1.54) is 11.3 Å². The molecular weight excluding hydrogens is 406 g/mol. The lowest BCUT2D eigenvalue weighted by Gasteiger charge is -2.28. The summed E-state index contributed by atoms with van der Waals surface area (Å²) in [5, 5.41) is 2.71. The van der Waals surface area contributed by atoms with Crippen molar-refractivity contribution in [2.24, 2.45) is 0 Å². The first-order valence-corrected chi connectivity index (χ1v) is 11.2. The molecule has 0 aliphatic carbocycles. The van der Waals surface area contributed by atoms with E-state index in [1.807, 2.05) is 41.8 Å². The first-order chi connectivity index (χ1) is 14.2. The van der Waals surface area contributed by atoms with Gasteiger partial charge >= 0.3 is 0 Å². The minimum atomic E-state index is -0.0577. The predicted octanol–water partition coefficient (Wildman–Crippen LogP) is 3.75. The van der Waals surface area contributed by atoms with Crippen molar-refractivity contribution in [3.05, 3.63) is 46.7 Å². The van der Waals surface area contributed by atoms with Gasteiger partial charge < -0.3 is 9.47 Å². The fraction of sp³-hybridized carbons (Fsp3) is 0.333. The Morgan fingerprint density at radius 3 is 2.97 bits per heavy atom. The number of carbonyl (C=O) groups is 1. The lowest BCUT2D eigenvalue weighted by atomic mass is 10.3. The number of hydrogen-bond donors (Lipinski definition) is 0. The van der Waals surface area contributed by atoms with Crippen LogP contribution in [0.2, 0.25) is 0 Å². The van der Waals surface area contributed by atoms with Crippen molar-refractivity contribution >= 4 is 50.0 Å². The van der Waals surface area contributed by atoms with Crippen LogP contribution in [0, 0.1) is 0 Å². The van der Waals surface area contributed by atoms with E-state index in [9.17, 15) is 4.79 Å². The molecule has 4 rings (SSSR count). The Bertz CT molecular complexity index is 978. The normalized spacial score (nSPS) is 15.2. The predicted molar refractivity (Wildman–Crippen MR) is 119 cm³/mol. The first kappa shape index (κ1) is 20.0. The van der Waals surface area contributed by atoms with Crippen molar-refractivity contribution in [3.8, 4) is 5.75 Å². The molecule has 8 heteroatoms. The Morgan fingerprint density at radius 2 is 2.21 bits per heavy atom. The van der Waals surface area contributed by atoms with Crippen LogP contribution in [0.5, 0.6) is 5.75 Å². The van der Waals surface area contributed by atoms with Crippen molar-refractivity contribution in [2.45, 2.75) is 0 Å². The summed E-state index contributed by atoms with van der Waals surface area (Å²) in [7, 11) is 1.64. The first-order valence-electron chi connectivity index (χ1n) is 9.51. The van der Waals surface area contributed by atoms with E-state index in [0.717, 1.165) is 53.7 Å². The van der Waals surface area contributed by atoms with Gasteiger partial charge in [0.2, 0.25) is 0 Å². The highest BCUT2D eigenvalue weighted by molar-refractivity contribution is 7.22. The minimum Gasteiger partial charge on any atom is -0.497 e. The number of amides is 1. The van der Waals surface area contributed by atoms with Gasteiger partial charge in [-0.05, 0) is 29.7 Å². The number of thiazole rings is 1. The second kappa shape index (κ2) is 9.49. The molecule has 0 unspecified atom stereocenters. The molecule has 6 nitrogen and oxygen atoms in total. The standard InChI is InChI=1S/C21H23N3O3S2/c1-26-16-4-6-19-18(15-16)22-21(29-19)24(9-8-23-10-12-27-13-11-23)20(25)7-5-17-3-2-14-28-17/h2-7,14-15H,8-13H2,1H3/b7-5+.